The second-order valence-corrected chi connectivity index (χ2v) is 6.61. The van der Waals surface area contributed by atoms with Crippen LogP contribution >= 0.6 is 11.6 Å². The maximum absolute atomic E-state index is 11.3. The number of anilines is 1. The van der Waals surface area contributed by atoms with E-state index in [1.807, 2.05) is 29.2 Å². The van der Waals surface area contributed by atoms with E-state index in [1.54, 1.807) is 0 Å². The Labute approximate surface area is 130 Å². The number of nitrogens with zero attached hydrogens (tertiary/aromatic N) is 2. The molecule has 2 aliphatic rings. The molecule has 114 valence electrons. The van der Waals surface area contributed by atoms with Gasteiger partial charge in [-0.3, -0.25) is 4.79 Å². The van der Waals surface area contributed by atoms with Crippen molar-refractivity contribution < 1.29 is 9.90 Å². The van der Waals surface area contributed by atoms with Crippen LogP contribution in [0, 0.1) is 0 Å². The molecule has 2 fully saturated rings. The number of carboxylic acid groups (broad SMARTS) is 1. The quantitative estimate of drug-likeness (QED) is 0.929. The molecule has 1 N–H and O–H groups in total. The van der Waals surface area contributed by atoms with Crippen molar-refractivity contribution in [1.82, 2.24) is 4.90 Å². The molecule has 2 aliphatic heterocycles. The Bertz CT molecular complexity index is 523. The number of carboxylic acids is 1. The molecule has 2 atom stereocenters. The van der Waals surface area contributed by atoms with Crippen molar-refractivity contribution in [3.8, 4) is 0 Å². The zero-order valence-electron chi connectivity index (χ0n) is 12.2. The summed E-state index contributed by atoms with van der Waals surface area (Å²) in [6.45, 7) is 0.0359. The lowest BCUT2D eigenvalue weighted by Crippen LogP contribution is -2.50. The van der Waals surface area contributed by atoms with Crippen LogP contribution in [0.2, 0.25) is 5.02 Å². The minimum absolute atomic E-state index is 0.0359. The van der Waals surface area contributed by atoms with Crippen LogP contribution < -0.4 is 4.90 Å². The summed E-state index contributed by atoms with van der Waals surface area (Å²) >= 11 is 6.07. The van der Waals surface area contributed by atoms with E-state index in [-0.39, 0.29) is 12.6 Å². The molecule has 0 amide bonds. The highest BCUT2D eigenvalue weighted by Gasteiger charge is 2.40. The summed E-state index contributed by atoms with van der Waals surface area (Å²) in [6.07, 6.45) is 4.53. The molecule has 1 aromatic carbocycles. The fourth-order valence-electron chi connectivity index (χ4n) is 3.87. The Kier molecular flexibility index (Phi) is 4.09. The van der Waals surface area contributed by atoms with Gasteiger partial charge in [0.15, 0.2) is 0 Å². The smallest absolute Gasteiger partial charge is 0.323 e. The Hall–Kier alpha value is -1.26. The van der Waals surface area contributed by atoms with Crippen LogP contribution in [0.15, 0.2) is 24.3 Å². The predicted molar refractivity (Wildman–Crippen MR) is 84.0 cm³/mol. The number of carbonyl (C=O) groups is 1. The van der Waals surface area contributed by atoms with E-state index in [0.29, 0.717) is 17.1 Å². The van der Waals surface area contributed by atoms with E-state index < -0.39 is 5.97 Å². The third-order valence-electron chi connectivity index (χ3n) is 4.96. The number of piperidine rings is 1. The minimum atomic E-state index is -0.791. The maximum Gasteiger partial charge on any atom is 0.323 e. The van der Waals surface area contributed by atoms with Crippen LogP contribution in [-0.2, 0) is 4.79 Å². The predicted octanol–water partition coefficient (Wildman–Crippen LogP) is 2.86. The molecule has 2 saturated heterocycles. The molecule has 2 bridgehead atoms. The molecule has 0 spiro atoms. The summed E-state index contributed by atoms with van der Waals surface area (Å²) in [5.74, 6) is -0.791. The third kappa shape index (κ3) is 3.01. The second kappa shape index (κ2) is 5.85. The van der Waals surface area contributed by atoms with Crippen LogP contribution in [0.1, 0.15) is 25.7 Å². The first kappa shape index (κ1) is 14.7. The number of benzene rings is 1. The lowest BCUT2D eigenvalue weighted by molar-refractivity contribution is -0.135. The highest BCUT2D eigenvalue weighted by molar-refractivity contribution is 6.30. The van der Waals surface area contributed by atoms with Crippen molar-refractivity contribution in [2.45, 2.75) is 43.8 Å². The monoisotopic (exact) mass is 308 g/mol. The van der Waals surface area contributed by atoms with E-state index in [2.05, 4.69) is 11.9 Å². The van der Waals surface area contributed by atoms with Gasteiger partial charge in [0, 0.05) is 28.8 Å². The Balaban J connectivity index is 1.84. The molecule has 0 aliphatic carbocycles. The van der Waals surface area contributed by atoms with Crippen molar-refractivity contribution in [3.63, 3.8) is 0 Å². The molecule has 2 unspecified atom stereocenters. The van der Waals surface area contributed by atoms with Gasteiger partial charge in [-0.2, -0.15) is 0 Å². The van der Waals surface area contributed by atoms with Gasteiger partial charge in [-0.05, 0) is 50.9 Å². The first-order chi connectivity index (χ1) is 10.0. The number of aliphatic carboxylic acids is 1. The van der Waals surface area contributed by atoms with Gasteiger partial charge >= 0.3 is 5.97 Å². The topological polar surface area (TPSA) is 43.8 Å². The van der Waals surface area contributed by atoms with Crippen LogP contribution in [0.4, 0.5) is 5.69 Å². The molecule has 4 nitrogen and oxygen atoms in total. The number of fused-ring (bicyclic) bond motifs is 2. The third-order valence-corrected chi connectivity index (χ3v) is 5.19. The SMILES string of the molecule is CN1C2CCC1CC(N(CC(=O)O)c1cccc(Cl)c1)C2. The average Bonchev–Trinajstić information content (AvgIpc) is 2.66. The van der Waals surface area contributed by atoms with E-state index >= 15 is 0 Å². The highest BCUT2D eigenvalue weighted by atomic mass is 35.5. The largest absolute Gasteiger partial charge is 0.480 e. The van der Waals surface area contributed by atoms with Crippen molar-refractivity contribution >= 4 is 23.3 Å². The molecular formula is C16H21ClN2O2. The zero-order chi connectivity index (χ0) is 15.0. The zero-order valence-corrected chi connectivity index (χ0v) is 13.0. The van der Waals surface area contributed by atoms with Gasteiger partial charge in [0.1, 0.15) is 6.54 Å². The van der Waals surface area contributed by atoms with Gasteiger partial charge in [0.25, 0.3) is 0 Å². The van der Waals surface area contributed by atoms with Crippen molar-refractivity contribution in [2.75, 3.05) is 18.5 Å². The fourth-order valence-corrected chi connectivity index (χ4v) is 4.05. The van der Waals surface area contributed by atoms with E-state index in [0.717, 1.165) is 18.5 Å². The van der Waals surface area contributed by atoms with Gasteiger partial charge in [0.05, 0.1) is 0 Å². The molecule has 2 heterocycles. The molecule has 5 heteroatoms. The van der Waals surface area contributed by atoms with Crippen LogP contribution in [0.5, 0.6) is 0 Å². The van der Waals surface area contributed by atoms with E-state index in [1.165, 1.54) is 12.8 Å². The van der Waals surface area contributed by atoms with Gasteiger partial charge < -0.3 is 14.9 Å². The van der Waals surface area contributed by atoms with Crippen LogP contribution in [-0.4, -0.2) is 47.7 Å². The highest BCUT2D eigenvalue weighted by Crippen LogP contribution is 2.37. The molecule has 0 saturated carbocycles. The molecule has 0 aromatic heterocycles. The first-order valence-electron chi connectivity index (χ1n) is 7.50. The Morgan fingerprint density at radius 2 is 2.05 bits per heavy atom. The van der Waals surface area contributed by atoms with E-state index in [9.17, 15) is 9.90 Å². The Morgan fingerprint density at radius 1 is 1.38 bits per heavy atom. The molecule has 21 heavy (non-hydrogen) atoms. The summed E-state index contributed by atoms with van der Waals surface area (Å²) < 4.78 is 0. The van der Waals surface area contributed by atoms with Crippen LogP contribution in [0.3, 0.4) is 0 Å². The van der Waals surface area contributed by atoms with Gasteiger partial charge in [-0.25, -0.2) is 0 Å². The minimum Gasteiger partial charge on any atom is -0.480 e. The first-order valence-corrected chi connectivity index (χ1v) is 7.88. The van der Waals surface area contributed by atoms with Crippen LogP contribution in [0.25, 0.3) is 0 Å². The molecular weight excluding hydrogens is 288 g/mol. The lowest BCUT2D eigenvalue weighted by atomic mass is 9.96. The summed E-state index contributed by atoms with van der Waals surface area (Å²) in [7, 11) is 2.19. The van der Waals surface area contributed by atoms with Crippen molar-refractivity contribution in [2.24, 2.45) is 0 Å². The number of hydrogen-bond donors (Lipinski definition) is 1. The lowest BCUT2D eigenvalue weighted by Gasteiger charge is -2.42. The van der Waals surface area contributed by atoms with Gasteiger partial charge in [-0.15, -0.1) is 0 Å². The van der Waals surface area contributed by atoms with Crippen molar-refractivity contribution in [1.29, 1.82) is 0 Å². The molecule has 1 aromatic rings. The maximum atomic E-state index is 11.3. The molecule has 3 rings (SSSR count). The average molecular weight is 309 g/mol. The summed E-state index contributed by atoms with van der Waals surface area (Å²) in [5.41, 5.74) is 0.916. The normalized spacial score (nSPS) is 28.6. The fraction of sp³-hybridized carbons (Fsp3) is 0.562. The number of hydrogen-bond acceptors (Lipinski definition) is 3. The number of rotatable bonds is 4. The summed E-state index contributed by atoms with van der Waals surface area (Å²) in [5, 5.41) is 9.91. The van der Waals surface area contributed by atoms with Gasteiger partial charge in [-0.1, -0.05) is 17.7 Å². The standard InChI is InChI=1S/C16H21ClN2O2/c1-18-12-5-6-13(18)9-15(8-12)19(10-16(20)21)14-4-2-3-11(17)7-14/h2-4,7,12-13,15H,5-6,8-10H2,1H3,(H,20,21). The van der Waals surface area contributed by atoms with Gasteiger partial charge in [0.2, 0.25) is 0 Å². The molecule has 0 radical (unpaired) electrons. The second-order valence-electron chi connectivity index (χ2n) is 6.18. The Morgan fingerprint density at radius 3 is 2.62 bits per heavy atom. The number of halogens is 1. The van der Waals surface area contributed by atoms with Crippen molar-refractivity contribution in [3.05, 3.63) is 29.3 Å². The summed E-state index contributed by atoms with van der Waals surface area (Å²) in [6, 6.07) is 8.99. The summed E-state index contributed by atoms with van der Waals surface area (Å²) in [4.78, 5) is 15.8. The van der Waals surface area contributed by atoms with E-state index in [4.69, 9.17) is 11.6 Å².